The van der Waals surface area contributed by atoms with Crippen LogP contribution in [0.25, 0.3) is 0 Å². The van der Waals surface area contributed by atoms with Gasteiger partial charge < -0.3 is 5.32 Å². The molecule has 0 atom stereocenters. The van der Waals surface area contributed by atoms with Gasteiger partial charge in [-0.1, -0.05) is 0 Å². The predicted molar refractivity (Wildman–Crippen MR) is 75.5 cm³/mol. The van der Waals surface area contributed by atoms with E-state index in [0.717, 1.165) is 55.7 Å². The van der Waals surface area contributed by atoms with Crippen molar-refractivity contribution in [3.05, 3.63) is 29.8 Å². The summed E-state index contributed by atoms with van der Waals surface area (Å²) in [4.78, 5) is 12.6. The van der Waals surface area contributed by atoms with E-state index in [1.54, 1.807) is 0 Å². The van der Waals surface area contributed by atoms with Gasteiger partial charge in [0.2, 0.25) is 5.91 Å². The zero-order valence-corrected chi connectivity index (χ0v) is 11.8. The molecule has 0 aromatic heterocycles. The molecule has 4 aliphatic rings. The largest absolute Gasteiger partial charge is 0.323 e. The maximum absolute atomic E-state index is 13.7. The Morgan fingerprint density at radius 2 is 1.62 bits per heavy atom. The molecular weight excluding hydrogens is 272 g/mol. The van der Waals surface area contributed by atoms with E-state index in [-0.39, 0.29) is 17.5 Å². The van der Waals surface area contributed by atoms with Gasteiger partial charge in [0.15, 0.2) is 0 Å². The summed E-state index contributed by atoms with van der Waals surface area (Å²) in [6, 6.07) is 3.18. The smallest absolute Gasteiger partial charge is 0.228 e. The molecule has 4 saturated carbocycles. The van der Waals surface area contributed by atoms with Crippen molar-refractivity contribution in [2.45, 2.75) is 32.1 Å². The molecule has 0 aliphatic heterocycles. The summed E-state index contributed by atoms with van der Waals surface area (Å²) in [6.45, 7) is 0. The van der Waals surface area contributed by atoms with E-state index in [0.29, 0.717) is 11.8 Å². The van der Waals surface area contributed by atoms with Crippen LogP contribution in [0.2, 0.25) is 0 Å². The maximum atomic E-state index is 13.7. The average Bonchev–Trinajstić information content (AvgIpc) is 2.41. The van der Waals surface area contributed by atoms with E-state index >= 15 is 0 Å². The van der Waals surface area contributed by atoms with Gasteiger partial charge in [-0.2, -0.15) is 0 Å². The molecule has 0 radical (unpaired) electrons. The van der Waals surface area contributed by atoms with Crippen LogP contribution < -0.4 is 5.32 Å². The fourth-order valence-electron chi connectivity index (χ4n) is 5.16. The lowest BCUT2D eigenvalue weighted by Crippen LogP contribution is -2.49. The molecule has 0 spiro atoms. The number of benzene rings is 1. The number of carbonyl (C=O) groups is 1. The molecule has 0 saturated heterocycles. The monoisotopic (exact) mass is 291 g/mol. The van der Waals surface area contributed by atoms with Crippen LogP contribution >= 0.6 is 0 Å². The lowest BCUT2D eigenvalue weighted by atomic mass is 9.51. The highest BCUT2D eigenvalue weighted by Crippen LogP contribution is 2.56. The van der Waals surface area contributed by atoms with Crippen molar-refractivity contribution in [2.75, 3.05) is 5.32 Å². The Labute approximate surface area is 122 Å². The fourth-order valence-corrected chi connectivity index (χ4v) is 5.16. The van der Waals surface area contributed by atoms with Gasteiger partial charge in [-0.15, -0.1) is 0 Å². The van der Waals surface area contributed by atoms with E-state index in [4.69, 9.17) is 0 Å². The molecular formula is C17H19F2NO. The highest BCUT2D eigenvalue weighted by molar-refractivity contribution is 5.93. The van der Waals surface area contributed by atoms with Gasteiger partial charge in [0.25, 0.3) is 0 Å². The van der Waals surface area contributed by atoms with E-state index in [1.165, 1.54) is 6.42 Å². The first kappa shape index (κ1) is 13.2. The first-order chi connectivity index (χ1) is 10.1. The molecule has 21 heavy (non-hydrogen) atoms. The molecule has 2 nitrogen and oxygen atoms in total. The molecule has 4 bridgehead atoms. The zero-order chi connectivity index (χ0) is 14.6. The topological polar surface area (TPSA) is 29.1 Å². The van der Waals surface area contributed by atoms with Crippen molar-refractivity contribution in [3.63, 3.8) is 0 Å². The predicted octanol–water partition coefficient (Wildman–Crippen LogP) is 3.98. The third kappa shape index (κ3) is 2.25. The van der Waals surface area contributed by atoms with Crippen molar-refractivity contribution >= 4 is 11.6 Å². The maximum Gasteiger partial charge on any atom is 0.228 e. The van der Waals surface area contributed by atoms with Gasteiger partial charge in [-0.3, -0.25) is 4.79 Å². The summed E-state index contributed by atoms with van der Waals surface area (Å²) in [5.74, 6) is 1.24. The number of amides is 1. The van der Waals surface area contributed by atoms with Crippen LogP contribution in [0.4, 0.5) is 14.5 Å². The number of hydrogen-bond acceptors (Lipinski definition) is 1. The van der Waals surface area contributed by atoms with Crippen molar-refractivity contribution < 1.29 is 13.6 Å². The first-order valence-electron chi connectivity index (χ1n) is 7.86. The Morgan fingerprint density at radius 1 is 1.00 bits per heavy atom. The second-order valence-corrected chi connectivity index (χ2v) is 7.07. The third-order valence-corrected chi connectivity index (χ3v) is 5.72. The van der Waals surface area contributed by atoms with Gasteiger partial charge in [0, 0.05) is 12.0 Å². The normalized spacial score (nSPS) is 36.8. The van der Waals surface area contributed by atoms with Crippen molar-refractivity contribution in [1.29, 1.82) is 0 Å². The summed E-state index contributed by atoms with van der Waals surface area (Å²) in [5.41, 5.74) is -0.0335. The number of rotatable bonds is 2. The van der Waals surface area contributed by atoms with Crippen molar-refractivity contribution in [1.82, 2.24) is 0 Å². The number of halogens is 2. The Morgan fingerprint density at radius 3 is 2.24 bits per heavy atom. The number of anilines is 1. The Bertz CT molecular complexity index is 558. The number of nitrogens with one attached hydrogen (secondary N) is 1. The molecule has 1 aromatic carbocycles. The SMILES string of the molecule is O=C(Nc1cc(F)ccc1F)C1C2CC3CC(C2)CC1C3. The van der Waals surface area contributed by atoms with E-state index in [1.807, 2.05) is 0 Å². The second kappa shape index (κ2) is 4.79. The van der Waals surface area contributed by atoms with Gasteiger partial charge in [-0.25, -0.2) is 8.78 Å². The Kier molecular flexibility index (Phi) is 3.02. The van der Waals surface area contributed by atoms with Gasteiger partial charge in [0.1, 0.15) is 11.6 Å². The summed E-state index contributed by atoms with van der Waals surface area (Å²) in [5, 5.41) is 2.63. The molecule has 1 amide bonds. The third-order valence-electron chi connectivity index (χ3n) is 5.72. The van der Waals surface area contributed by atoms with Crippen LogP contribution in [0.1, 0.15) is 32.1 Å². The van der Waals surface area contributed by atoms with Crippen LogP contribution in [0.5, 0.6) is 0 Å². The molecule has 5 rings (SSSR count). The van der Waals surface area contributed by atoms with Crippen molar-refractivity contribution in [2.24, 2.45) is 29.6 Å². The molecule has 4 heteroatoms. The van der Waals surface area contributed by atoms with Crippen LogP contribution in [0, 0.1) is 41.2 Å². The van der Waals surface area contributed by atoms with Gasteiger partial charge in [-0.05, 0) is 67.9 Å². The molecule has 1 N–H and O–H groups in total. The molecule has 0 unspecified atom stereocenters. The summed E-state index contributed by atoms with van der Waals surface area (Å²) in [7, 11) is 0. The molecule has 4 aliphatic carbocycles. The minimum Gasteiger partial charge on any atom is -0.323 e. The second-order valence-electron chi connectivity index (χ2n) is 7.07. The van der Waals surface area contributed by atoms with Crippen LogP contribution in [0.3, 0.4) is 0 Å². The number of hydrogen-bond donors (Lipinski definition) is 1. The summed E-state index contributed by atoms with van der Waals surface area (Å²) in [6.07, 6.45) is 5.88. The van der Waals surface area contributed by atoms with E-state index in [9.17, 15) is 13.6 Å². The lowest BCUT2D eigenvalue weighted by molar-refractivity contribution is -0.132. The number of carbonyl (C=O) groups excluding carboxylic acids is 1. The Balaban J connectivity index is 1.54. The fraction of sp³-hybridized carbons (Fsp3) is 0.588. The van der Waals surface area contributed by atoms with E-state index < -0.39 is 11.6 Å². The Hall–Kier alpha value is -1.45. The first-order valence-corrected chi connectivity index (χ1v) is 7.86. The lowest BCUT2D eigenvalue weighted by Gasteiger charge is -2.53. The van der Waals surface area contributed by atoms with Gasteiger partial charge >= 0.3 is 0 Å². The zero-order valence-electron chi connectivity index (χ0n) is 11.8. The standard InChI is InChI=1S/C17H19F2NO/c18-13-1-2-14(19)15(8-13)20-17(21)16-11-4-9-3-10(6-11)7-12(16)5-9/h1-2,8-12,16H,3-7H2,(H,20,21). The summed E-state index contributed by atoms with van der Waals surface area (Å²) >= 11 is 0. The van der Waals surface area contributed by atoms with Crippen molar-refractivity contribution in [3.8, 4) is 0 Å². The van der Waals surface area contributed by atoms with Crippen LogP contribution in [-0.4, -0.2) is 5.91 Å². The minimum absolute atomic E-state index is 0.0135. The molecule has 4 fully saturated rings. The van der Waals surface area contributed by atoms with E-state index in [2.05, 4.69) is 5.32 Å². The summed E-state index contributed by atoms with van der Waals surface area (Å²) < 4.78 is 26.9. The van der Waals surface area contributed by atoms with Gasteiger partial charge in [0.05, 0.1) is 5.69 Å². The highest BCUT2D eigenvalue weighted by atomic mass is 19.1. The molecule has 1 aromatic rings. The highest BCUT2D eigenvalue weighted by Gasteiger charge is 2.50. The average molecular weight is 291 g/mol. The quantitative estimate of drug-likeness (QED) is 0.877. The molecule has 112 valence electrons. The van der Waals surface area contributed by atoms with Crippen LogP contribution in [0.15, 0.2) is 18.2 Å². The molecule has 0 heterocycles. The minimum atomic E-state index is -0.575. The van der Waals surface area contributed by atoms with Crippen LogP contribution in [-0.2, 0) is 4.79 Å².